The van der Waals surface area contributed by atoms with Crippen molar-refractivity contribution in [1.29, 1.82) is 0 Å². The molecule has 8 heteroatoms. The van der Waals surface area contributed by atoms with Crippen molar-refractivity contribution in [3.63, 3.8) is 0 Å². The van der Waals surface area contributed by atoms with Gasteiger partial charge in [-0.25, -0.2) is 13.4 Å². The number of hydrogen-bond acceptors (Lipinski definition) is 4. The number of rotatable bonds is 8. The van der Waals surface area contributed by atoms with E-state index in [-0.39, 0.29) is 11.3 Å². The number of aryl methyl sites for hydroxylation is 1. The number of aromatic nitrogens is 3. The van der Waals surface area contributed by atoms with Gasteiger partial charge in [0.05, 0.1) is 17.1 Å². The highest BCUT2D eigenvalue weighted by molar-refractivity contribution is 7.89. The zero-order chi connectivity index (χ0) is 23.6. The van der Waals surface area contributed by atoms with Crippen LogP contribution in [0.2, 0.25) is 5.02 Å². The standard InChI is InChI=1S/C25H26ClN3O3S/c1-3-4-5-13-28-23(20-8-6-7-18(14-20)17-33(2,31)32)15-24(30)29-16-22(27-25(28)29)19-9-11-21(26)12-10-19/h6-12,14-16H,3-5,13,17H2,1-2H3. The Labute approximate surface area is 198 Å². The lowest BCUT2D eigenvalue weighted by atomic mass is 10.1. The number of benzene rings is 2. The van der Waals surface area contributed by atoms with Crippen LogP contribution in [0.15, 0.2) is 65.6 Å². The van der Waals surface area contributed by atoms with Crippen LogP contribution in [0.25, 0.3) is 28.3 Å². The Balaban J connectivity index is 1.89. The molecule has 0 saturated heterocycles. The quantitative estimate of drug-likeness (QED) is 0.322. The summed E-state index contributed by atoms with van der Waals surface area (Å²) in [5.41, 5.74) is 3.59. The highest BCUT2D eigenvalue weighted by Crippen LogP contribution is 2.26. The predicted molar refractivity (Wildman–Crippen MR) is 133 cm³/mol. The second kappa shape index (κ2) is 9.53. The van der Waals surface area contributed by atoms with Gasteiger partial charge in [0, 0.05) is 35.6 Å². The van der Waals surface area contributed by atoms with E-state index in [0.29, 0.717) is 28.6 Å². The fourth-order valence-corrected chi connectivity index (χ4v) is 4.87. The van der Waals surface area contributed by atoms with Crippen molar-refractivity contribution in [2.75, 3.05) is 6.26 Å². The number of imidazole rings is 1. The normalized spacial score (nSPS) is 11.8. The minimum Gasteiger partial charge on any atom is -0.311 e. The van der Waals surface area contributed by atoms with Gasteiger partial charge in [-0.15, -0.1) is 0 Å². The molecule has 0 amide bonds. The van der Waals surface area contributed by atoms with E-state index in [2.05, 4.69) is 11.5 Å². The third kappa shape index (κ3) is 5.37. The van der Waals surface area contributed by atoms with Crippen LogP contribution in [-0.4, -0.2) is 28.6 Å². The summed E-state index contributed by atoms with van der Waals surface area (Å²) in [7, 11) is -3.17. The third-order valence-corrected chi connectivity index (χ3v) is 6.60. The Morgan fingerprint density at radius 3 is 2.45 bits per heavy atom. The number of halogens is 1. The molecule has 0 atom stereocenters. The van der Waals surface area contributed by atoms with Crippen LogP contribution >= 0.6 is 11.6 Å². The first-order valence-electron chi connectivity index (χ1n) is 10.9. The molecule has 0 unspecified atom stereocenters. The minimum absolute atomic E-state index is 0.0484. The van der Waals surface area contributed by atoms with E-state index >= 15 is 0 Å². The number of nitrogens with zero attached hydrogens (tertiary/aromatic N) is 3. The summed E-state index contributed by atoms with van der Waals surface area (Å²) < 4.78 is 27.2. The number of unbranched alkanes of at least 4 members (excludes halogenated alkanes) is 2. The van der Waals surface area contributed by atoms with Gasteiger partial charge in [-0.05, 0) is 35.7 Å². The SMILES string of the molecule is CCCCCn1c(-c2cccc(CS(C)(=O)=O)c2)cc(=O)n2cc(-c3ccc(Cl)cc3)nc12. The molecule has 4 rings (SSSR count). The Morgan fingerprint density at radius 1 is 1.00 bits per heavy atom. The van der Waals surface area contributed by atoms with E-state index in [0.717, 1.165) is 36.1 Å². The first-order valence-corrected chi connectivity index (χ1v) is 13.3. The van der Waals surface area contributed by atoms with Crippen LogP contribution in [-0.2, 0) is 22.1 Å². The molecule has 0 aliphatic carbocycles. The Hall–Kier alpha value is -2.90. The van der Waals surface area contributed by atoms with Crippen molar-refractivity contribution >= 4 is 27.2 Å². The zero-order valence-electron chi connectivity index (χ0n) is 18.7. The fraction of sp³-hybridized carbons (Fsp3) is 0.280. The Morgan fingerprint density at radius 2 is 1.76 bits per heavy atom. The molecule has 0 bridgehead atoms. The topological polar surface area (TPSA) is 73.4 Å². The average Bonchev–Trinajstić information content (AvgIpc) is 3.21. The van der Waals surface area contributed by atoms with Crippen LogP contribution in [0.5, 0.6) is 0 Å². The van der Waals surface area contributed by atoms with E-state index in [1.165, 1.54) is 6.26 Å². The first kappa shape index (κ1) is 23.3. The van der Waals surface area contributed by atoms with Crippen LogP contribution in [0.1, 0.15) is 31.7 Å². The molecule has 2 aromatic heterocycles. The van der Waals surface area contributed by atoms with Crippen molar-refractivity contribution in [2.24, 2.45) is 0 Å². The van der Waals surface area contributed by atoms with E-state index < -0.39 is 9.84 Å². The lowest BCUT2D eigenvalue weighted by molar-refractivity contribution is 0.601. The molecular formula is C25H26ClN3O3S. The number of fused-ring (bicyclic) bond motifs is 1. The van der Waals surface area contributed by atoms with E-state index in [1.807, 2.05) is 30.3 Å². The monoisotopic (exact) mass is 483 g/mol. The summed E-state index contributed by atoms with van der Waals surface area (Å²) in [6.07, 6.45) is 6.03. The molecule has 0 fully saturated rings. The van der Waals surface area contributed by atoms with Gasteiger partial charge in [-0.2, -0.15) is 0 Å². The Kier molecular flexibility index (Phi) is 6.72. The van der Waals surface area contributed by atoms with Crippen molar-refractivity contribution < 1.29 is 8.42 Å². The summed E-state index contributed by atoms with van der Waals surface area (Å²) in [5.74, 6) is 0.514. The second-order valence-electron chi connectivity index (χ2n) is 8.30. The lowest BCUT2D eigenvalue weighted by Crippen LogP contribution is -2.18. The molecule has 0 aliphatic rings. The van der Waals surface area contributed by atoms with Crippen LogP contribution in [0, 0.1) is 0 Å². The highest BCUT2D eigenvalue weighted by atomic mass is 35.5. The van der Waals surface area contributed by atoms with Gasteiger partial charge >= 0.3 is 0 Å². The molecule has 2 aromatic carbocycles. The number of hydrogen-bond donors (Lipinski definition) is 0. The van der Waals surface area contributed by atoms with Gasteiger partial charge in [0.2, 0.25) is 5.78 Å². The maximum Gasteiger partial charge on any atom is 0.259 e. The van der Waals surface area contributed by atoms with Gasteiger partial charge in [0.25, 0.3) is 5.56 Å². The number of sulfone groups is 1. The second-order valence-corrected chi connectivity index (χ2v) is 10.9. The van der Waals surface area contributed by atoms with E-state index in [1.54, 1.807) is 34.9 Å². The summed E-state index contributed by atoms with van der Waals surface area (Å²) >= 11 is 6.02. The van der Waals surface area contributed by atoms with Gasteiger partial charge in [0.15, 0.2) is 9.84 Å². The van der Waals surface area contributed by atoms with Gasteiger partial charge in [-0.1, -0.05) is 61.7 Å². The fourth-order valence-electron chi connectivity index (χ4n) is 3.96. The van der Waals surface area contributed by atoms with Gasteiger partial charge in [0.1, 0.15) is 0 Å². The average molecular weight is 484 g/mol. The van der Waals surface area contributed by atoms with Gasteiger partial charge in [-0.3, -0.25) is 9.20 Å². The van der Waals surface area contributed by atoms with Crippen LogP contribution in [0.4, 0.5) is 0 Å². The third-order valence-electron chi connectivity index (χ3n) is 5.49. The predicted octanol–water partition coefficient (Wildman–Crippen LogP) is 5.22. The molecule has 4 aromatic rings. The lowest BCUT2D eigenvalue weighted by Gasteiger charge is -2.15. The highest BCUT2D eigenvalue weighted by Gasteiger charge is 2.16. The molecule has 0 aliphatic heterocycles. The first-order chi connectivity index (χ1) is 15.7. The van der Waals surface area contributed by atoms with E-state index in [9.17, 15) is 13.2 Å². The summed E-state index contributed by atoms with van der Waals surface area (Å²) in [6.45, 7) is 2.84. The zero-order valence-corrected chi connectivity index (χ0v) is 20.2. The molecule has 0 spiro atoms. The van der Waals surface area contributed by atoms with Crippen molar-refractivity contribution in [2.45, 2.75) is 38.5 Å². The van der Waals surface area contributed by atoms with Crippen LogP contribution in [0.3, 0.4) is 0 Å². The van der Waals surface area contributed by atoms with E-state index in [4.69, 9.17) is 16.6 Å². The Bertz CT molecular complexity index is 1450. The van der Waals surface area contributed by atoms with Crippen molar-refractivity contribution in [3.8, 4) is 22.5 Å². The molecule has 33 heavy (non-hydrogen) atoms. The molecule has 0 N–H and O–H groups in total. The maximum atomic E-state index is 13.1. The van der Waals surface area contributed by atoms with Crippen molar-refractivity contribution in [1.82, 2.24) is 14.0 Å². The molecule has 0 radical (unpaired) electrons. The minimum atomic E-state index is -3.17. The molecule has 6 nitrogen and oxygen atoms in total. The summed E-state index contributed by atoms with van der Waals surface area (Å²) in [4.78, 5) is 17.9. The smallest absolute Gasteiger partial charge is 0.259 e. The van der Waals surface area contributed by atoms with Crippen LogP contribution < -0.4 is 5.56 Å². The molecule has 172 valence electrons. The summed E-state index contributed by atoms with van der Waals surface area (Å²) in [5, 5.41) is 0.637. The maximum absolute atomic E-state index is 13.1. The van der Waals surface area contributed by atoms with Crippen molar-refractivity contribution in [3.05, 3.63) is 81.7 Å². The molecular weight excluding hydrogens is 458 g/mol. The van der Waals surface area contributed by atoms with Gasteiger partial charge < -0.3 is 4.57 Å². The largest absolute Gasteiger partial charge is 0.311 e. The molecule has 0 saturated carbocycles. The summed E-state index contributed by atoms with van der Waals surface area (Å²) in [6, 6.07) is 16.3. The molecule has 2 heterocycles.